The number of hydrogen-bond acceptors (Lipinski definition) is 8. The number of nitrogens with one attached hydrogen (secondary N) is 3. The maximum absolute atomic E-state index is 11.9. The third kappa shape index (κ3) is 8.32. The van der Waals surface area contributed by atoms with E-state index in [-0.39, 0.29) is 5.91 Å². The Hall–Kier alpha value is -2.91. The molecule has 5 N–H and O–H groups in total. The van der Waals surface area contributed by atoms with Crippen molar-refractivity contribution in [1.82, 2.24) is 20.6 Å². The minimum atomic E-state index is -0.252. The number of aromatic nitrogens is 2. The van der Waals surface area contributed by atoms with Gasteiger partial charge >= 0.3 is 0 Å². The first-order chi connectivity index (χ1) is 14.2. The number of rotatable bonds is 14. The number of anilines is 1. The average Bonchev–Trinajstić information content (AvgIpc) is 2.76. The molecule has 0 bridgehead atoms. The van der Waals surface area contributed by atoms with E-state index in [9.17, 15) is 4.79 Å². The largest absolute Gasteiger partial charge is 0.493 e. The number of carbonyl (C=O) groups excluding carboxylic acids is 1. The lowest BCUT2D eigenvalue weighted by Crippen LogP contribution is -2.29. The molecule has 0 saturated carbocycles. The SMILES string of the molecule is COc1ccccc1OCCCNCCCNc1nccc(C(=O)NCCN)n1. The fourth-order valence-corrected chi connectivity index (χ4v) is 2.50. The summed E-state index contributed by atoms with van der Waals surface area (Å²) in [7, 11) is 1.63. The van der Waals surface area contributed by atoms with Crippen LogP contribution in [0.15, 0.2) is 36.5 Å². The van der Waals surface area contributed by atoms with Gasteiger partial charge in [0, 0.05) is 25.8 Å². The summed E-state index contributed by atoms with van der Waals surface area (Å²) in [6.07, 6.45) is 3.36. The molecule has 1 heterocycles. The smallest absolute Gasteiger partial charge is 0.270 e. The molecule has 9 heteroatoms. The number of carbonyl (C=O) groups is 1. The molecule has 0 radical (unpaired) electrons. The first-order valence-corrected chi connectivity index (χ1v) is 9.76. The Morgan fingerprint density at radius 3 is 2.66 bits per heavy atom. The van der Waals surface area contributed by atoms with Crippen LogP contribution in [0.25, 0.3) is 0 Å². The van der Waals surface area contributed by atoms with Gasteiger partial charge in [-0.2, -0.15) is 0 Å². The molecule has 0 aliphatic rings. The van der Waals surface area contributed by atoms with Gasteiger partial charge in [-0.3, -0.25) is 4.79 Å². The summed E-state index contributed by atoms with van der Waals surface area (Å²) in [6, 6.07) is 9.20. The molecule has 0 atom stereocenters. The van der Waals surface area contributed by atoms with Crippen molar-refractivity contribution < 1.29 is 14.3 Å². The molecule has 1 aromatic heterocycles. The van der Waals surface area contributed by atoms with Crippen LogP contribution in [0.4, 0.5) is 5.95 Å². The average molecular weight is 402 g/mol. The molecule has 158 valence electrons. The topological polar surface area (TPSA) is 123 Å². The number of ether oxygens (including phenoxy) is 2. The number of amides is 1. The standard InChI is InChI=1S/C20H30N6O3/c1-28-17-6-2-3-7-18(17)29-15-5-11-22-10-4-12-24-20-25-13-8-16(26-20)19(27)23-14-9-21/h2-3,6-8,13,22H,4-5,9-12,14-15,21H2,1H3,(H,23,27)(H,24,25,26). The third-order valence-electron chi connectivity index (χ3n) is 3.96. The Bertz CT molecular complexity index is 744. The first-order valence-electron chi connectivity index (χ1n) is 9.76. The molecular formula is C20H30N6O3. The van der Waals surface area contributed by atoms with E-state index in [4.69, 9.17) is 15.2 Å². The van der Waals surface area contributed by atoms with Crippen LogP contribution in [0.5, 0.6) is 11.5 Å². The lowest BCUT2D eigenvalue weighted by Gasteiger charge is -2.10. The van der Waals surface area contributed by atoms with Gasteiger partial charge in [-0.25, -0.2) is 9.97 Å². The Morgan fingerprint density at radius 1 is 1.07 bits per heavy atom. The third-order valence-corrected chi connectivity index (χ3v) is 3.96. The monoisotopic (exact) mass is 402 g/mol. The zero-order chi connectivity index (χ0) is 20.7. The van der Waals surface area contributed by atoms with Crippen molar-refractivity contribution in [3.05, 3.63) is 42.2 Å². The number of benzene rings is 1. The van der Waals surface area contributed by atoms with Gasteiger partial charge in [-0.15, -0.1) is 0 Å². The molecule has 0 fully saturated rings. The van der Waals surface area contributed by atoms with Gasteiger partial charge in [-0.1, -0.05) is 12.1 Å². The summed E-state index contributed by atoms with van der Waals surface area (Å²) in [4.78, 5) is 20.2. The summed E-state index contributed by atoms with van der Waals surface area (Å²) in [5, 5.41) is 9.18. The van der Waals surface area contributed by atoms with Gasteiger partial charge in [0.1, 0.15) is 5.69 Å². The molecule has 9 nitrogen and oxygen atoms in total. The van der Waals surface area contributed by atoms with Gasteiger partial charge in [0.25, 0.3) is 5.91 Å². The minimum Gasteiger partial charge on any atom is -0.493 e. The highest BCUT2D eigenvalue weighted by Gasteiger charge is 2.07. The lowest BCUT2D eigenvalue weighted by molar-refractivity contribution is 0.0949. The van der Waals surface area contributed by atoms with E-state index in [1.165, 1.54) is 0 Å². The van der Waals surface area contributed by atoms with Crippen molar-refractivity contribution in [2.45, 2.75) is 12.8 Å². The van der Waals surface area contributed by atoms with Crippen molar-refractivity contribution in [2.75, 3.05) is 51.8 Å². The van der Waals surface area contributed by atoms with Gasteiger partial charge in [0.2, 0.25) is 5.95 Å². The van der Waals surface area contributed by atoms with Crippen LogP contribution >= 0.6 is 0 Å². The molecule has 0 aliphatic carbocycles. The normalized spacial score (nSPS) is 10.4. The predicted molar refractivity (Wildman–Crippen MR) is 113 cm³/mol. The predicted octanol–water partition coefficient (Wildman–Crippen LogP) is 1.03. The van der Waals surface area contributed by atoms with E-state index in [0.29, 0.717) is 37.9 Å². The van der Waals surface area contributed by atoms with Crippen LogP contribution in [-0.2, 0) is 0 Å². The fourth-order valence-electron chi connectivity index (χ4n) is 2.50. The Labute approximate surface area is 171 Å². The second kappa shape index (κ2) is 13.3. The van der Waals surface area contributed by atoms with Crippen molar-refractivity contribution in [2.24, 2.45) is 5.73 Å². The molecular weight excluding hydrogens is 372 g/mol. The highest BCUT2D eigenvalue weighted by Crippen LogP contribution is 2.25. The maximum atomic E-state index is 11.9. The quantitative estimate of drug-likeness (QED) is 0.346. The Balaban J connectivity index is 1.54. The highest BCUT2D eigenvalue weighted by molar-refractivity contribution is 5.92. The van der Waals surface area contributed by atoms with Gasteiger partial charge in [0.05, 0.1) is 13.7 Å². The van der Waals surface area contributed by atoms with Crippen LogP contribution in [0, 0.1) is 0 Å². The van der Waals surface area contributed by atoms with Crippen molar-refractivity contribution in [3.8, 4) is 11.5 Å². The molecule has 2 aromatic rings. The zero-order valence-electron chi connectivity index (χ0n) is 16.8. The van der Waals surface area contributed by atoms with E-state index >= 15 is 0 Å². The number of nitrogens with zero attached hydrogens (tertiary/aromatic N) is 2. The van der Waals surface area contributed by atoms with Crippen LogP contribution in [0.3, 0.4) is 0 Å². The molecule has 0 aliphatic heterocycles. The molecule has 0 unspecified atom stereocenters. The molecule has 1 amide bonds. The number of para-hydroxylation sites is 2. The summed E-state index contributed by atoms with van der Waals surface area (Å²) in [5.41, 5.74) is 5.70. The number of nitrogens with two attached hydrogens (primary N) is 1. The van der Waals surface area contributed by atoms with Crippen LogP contribution in [0.1, 0.15) is 23.3 Å². The molecule has 2 rings (SSSR count). The van der Waals surface area contributed by atoms with E-state index in [2.05, 4.69) is 25.9 Å². The number of methoxy groups -OCH3 is 1. The zero-order valence-corrected chi connectivity index (χ0v) is 16.8. The van der Waals surface area contributed by atoms with Crippen molar-refractivity contribution >= 4 is 11.9 Å². The minimum absolute atomic E-state index is 0.252. The van der Waals surface area contributed by atoms with E-state index in [1.54, 1.807) is 19.4 Å². The van der Waals surface area contributed by atoms with Crippen LogP contribution in [0.2, 0.25) is 0 Å². The summed E-state index contributed by atoms with van der Waals surface area (Å²) < 4.78 is 11.0. The van der Waals surface area contributed by atoms with Gasteiger partial charge in [-0.05, 0) is 44.1 Å². The molecule has 29 heavy (non-hydrogen) atoms. The van der Waals surface area contributed by atoms with Crippen molar-refractivity contribution in [1.29, 1.82) is 0 Å². The van der Waals surface area contributed by atoms with E-state index < -0.39 is 0 Å². The second-order valence-electron chi connectivity index (χ2n) is 6.19. The summed E-state index contributed by atoms with van der Waals surface area (Å²) in [5.74, 6) is 1.70. The first kappa shape index (κ1) is 22.4. The van der Waals surface area contributed by atoms with Crippen molar-refractivity contribution in [3.63, 3.8) is 0 Å². The Kier molecular flexibility index (Phi) is 10.3. The summed E-state index contributed by atoms with van der Waals surface area (Å²) in [6.45, 7) is 3.86. The summed E-state index contributed by atoms with van der Waals surface area (Å²) >= 11 is 0. The van der Waals surface area contributed by atoms with Crippen LogP contribution < -0.4 is 31.2 Å². The number of hydrogen-bond donors (Lipinski definition) is 4. The molecule has 0 spiro atoms. The van der Waals surface area contributed by atoms with E-state index in [1.807, 2.05) is 24.3 Å². The van der Waals surface area contributed by atoms with Crippen LogP contribution in [-0.4, -0.2) is 62.3 Å². The van der Waals surface area contributed by atoms with Gasteiger partial charge < -0.3 is 31.2 Å². The lowest BCUT2D eigenvalue weighted by atomic mass is 10.3. The molecule has 0 saturated heterocycles. The maximum Gasteiger partial charge on any atom is 0.270 e. The highest BCUT2D eigenvalue weighted by atomic mass is 16.5. The van der Waals surface area contributed by atoms with Gasteiger partial charge in [0.15, 0.2) is 11.5 Å². The Morgan fingerprint density at radius 2 is 1.86 bits per heavy atom. The molecule has 1 aromatic carbocycles. The fraction of sp³-hybridized carbons (Fsp3) is 0.450. The second-order valence-corrected chi connectivity index (χ2v) is 6.19. The van der Waals surface area contributed by atoms with E-state index in [0.717, 1.165) is 37.4 Å².